The van der Waals surface area contributed by atoms with Crippen LogP contribution in [-0.2, 0) is 30.7 Å². The Balaban J connectivity index is 1.41. The van der Waals surface area contributed by atoms with Crippen molar-refractivity contribution in [1.29, 1.82) is 5.26 Å². The Labute approximate surface area is 158 Å². The molecule has 0 saturated carbocycles. The van der Waals surface area contributed by atoms with Gasteiger partial charge < -0.3 is 14.2 Å². The van der Waals surface area contributed by atoms with Crippen LogP contribution in [0.15, 0.2) is 10.6 Å². The van der Waals surface area contributed by atoms with Crippen LogP contribution in [0.2, 0.25) is 0 Å². The van der Waals surface area contributed by atoms with Gasteiger partial charge in [0.1, 0.15) is 18.5 Å². The first-order valence-electron chi connectivity index (χ1n) is 9.47. The van der Waals surface area contributed by atoms with Crippen LogP contribution >= 0.6 is 0 Å². The molecule has 0 unspecified atom stereocenters. The van der Waals surface area contributed by atoms with E-state index in [1.54, 1.807) is 7.11 Å². The first kappa shape index (κ1) is 17.9. The van der Waals surface area contributed by atoms with Gasteiger partial charge in [0.15, 0.2) is 5.82 Å². The molecule has 1 aliphatic carbocycles. The molecule has 0 spiro atoms. The van der Waals surface area contributed by atoms with Gasteiger partial charge in [0.05, 0.1) is 12.1 Å². The highest BCUT2D eigenvalue weighted by Crippen LogP contribution is 2.27. The van der Waals surface area contributed by atoms with Crippen LogP contribution in [0, 0.1) is 11.3 Å². The molecule has 2 aromatic rings. The van der Waals surface area contributed by atoms with E-state index in [0.29, 0.717) is 30.4 Å². The number of pyridine rings is 1. The van der Waals surface area contributed by atoms with Crippen LogP contribution in [0.4, 0.5) is 5.82 Å². The van der Waals surface area contributed by atoms with Crippen LogP contribution in [0.3, 0.4) is 0 Å². The SMILES string of the molecule is COCc1noc(CN2CCN(c3nc4c(cc3C#N)CCCC4)CC2)n1. The summed E-state index contributed by atoms with van der Waals surface area (Å²) in [6, 6.07) is 4.40. The van der Waals surface area contributed by atoms with Gasteiger partial charge in [-0.15, -0.1) is 0 Å². The smallest absolute Gasteiger partial charge is 0.240 e. The highest BCUT2D eigenvalue weighted by molar-refractivity contribution is 5.56. The second-order valence-electron chi connectivity index (χ2n) is 7.08. The Morgan fingerprint density at radius 2 is 2.00 bits per heavy atom. The molecule has 3 heterocycles. The summed E-state index contributed by atoms with van der Waals surface area (Å²) in [5.41, 5.74) is 3.13. The van der Waals surface area contributed by atoms with Gasteiger partial charge in [-0.1, -0.05) is 5.16 Å². The van der Waals surface area contributed by atoms with Crippen molar-refractivity contribution in [2.45, 2.75) is 38.8 Å². The summed E-state index contributed by atoms with van der Waals surface area (Å²) in [6.45, 7) is 4.39. The highest BCUT2D eigenvalue weighted by Gasteiger charge is 2.24. The van der Waals surface area contributed by atoms with E-state index in [9.17, 15) is 5.26 Å². The summed E-state index contributed by atoms with van der Waals surface area (Å²) >= 11 is 0. The minimum atomic E-state index is 0.359. The molecule has 0 N–H and O–H groups in total. The second kappa shape index (κ2) is 8.03. The van der Waals surface area contributed by atoms with Gasteiger partial charge in [-0.25, -0.2) is 4.98 Å². The van der Waals surface area contributed by atoms with E-state index >= 15 is 0 Å². The number of aryl methyl sites for hydroxylation is 2. The molecule has 1 fully saturated rings. The molecule has 2 aromatic heterocycles. The van der Waals surface area contributed by atoms with E-state index in [2.05, 4.69) is 32.1 Å². The van der Waals surface area contributed by atoms with Crippen molar-refractivity contribution in [3.8, 4) is 6.07 Å². The van der Waals surface area contributed by atoms with Crippen LogP contribution < -0.4 is 4.90 Å². The van der Waals surface area contributed by atoms with E-state index in [1.807, 2.05) is 0 Å². The van der Waals surface area contributed by atoms with Gasteiger partial charge in [0.2, 0.25) is 5.89 Å². The molecule has 0 amide bonds. The largest absolute Gasteiger partial charge is 0.377 e. The van der Waals surface area contributed by atoms with Gasteiger partial charge in [0.25, 0.3) is 0 Å². The number of anilines is 1. The molecule has 0 radical (unpaired) electrons. The molecule has 0 atom stereocenters. The lowest BCUT2D eigenvalue weighted by Gasteiger charge is -2.35. The number of ether oxygens (including phenoxy) is 1. The Hall–Kier alpha value is -2.50. The summed E-state index contributed by atoms with van der Waals surface area (Å²) in [4.78, 5) is 13.7. The number of nitriles is 1. The number of hydrogen-bond donors (Lipinski definition) is 0. The third kappa shape index (κ3) is 3.94. The maximum absolute atomic E-state index is 9.58. The van der Waals surface area contributed by atoms with E-state index in [1.165, 1.54) is 24.1 Å². The third-order valence-electron chi connectivity index (χ3n) is 5.22. The van der Waals surface area contributed by atoms with Crippen molar-refractivity contribution in [1.82, 2.24) is 20.0 Å². The predicted molar refractivity (Wildman–Crippen MR) is 98.1 cm³/mol. The number of fused-ring (bicyclic) bond motifs is 1. The normalized spacial score (nSPS) is 17.6. The molecular formula is C19H24N6O2. The van der Waals surface area contributed by atoms with Gasteiger partial charge in [0, 0.05) is 39.0 Å². The quantitative estimate of drug-likeness (QED) is 0.787. The molecular weight excluding hydrogens is 344 g/mol. The molecule has 1 saturated heterocycles. The standard InChI is InChI=1S/C19H24N6O2/c1-26-13-17-22-18(27-23-17)12-24-6-8-25(9-7-24)19-15(11-20)10-14-4-2-3-5-16(14)21-19/h10H,2-9,12-13H2,1H3. The van der Waals surface area contributed by atoms with Gasteiger partial charge in [-0.05, 0) is 37.3 Å². The summed E-state index contributed by atoms with van der Waals surface area (Å²) in [5.74, 6) is 2.03. The first-order valence-corrected chi connectivity index (χ1v) is 9.47. The summed E-state index contributed by atoms with van der Waals surface area (Å²) < 4.78 is 10.3. The zero-order valence-corrected chi connectivity index (χ0v) is 15.6. The fourth-order valence-electron chi connectivity index (χ4n) is 3.80. The topological polar surface area (TPSA) is 91.3 Å². The molecule has 0 bridgehead atoms. The van der Waals surface area contributed by atoms with E-state index in [4.69, 9.17) is 14.2 Å². The highest BCUT2D eigenvalue weighted by atomic mass is 16.5. The fourth-order valence-corrected chi connectivity index (χ4v) is 3.80. The van der Waals surface area contributed by atoms with E-state index in [-0.39, 0.29) is 0 Å². The van der Waals surface area contributed by atoms with Crippen molar-refractivity contribution in [3.63, 3.8) is 0 Å². The number of methoxy groups -OCH3 is 1. The lowest BCUT2D eigenvalue weighted by atomic mass is 9.95. The average Bonchev–Trinajstić information content (AvgIpc) is 3.15. The van der Waals surface area contributed by atoms with Crippen LogP contribution in [-0.4, -0.2) is 53.3 Å². The van der Waals surface area contributed by atoms with Crippen LogP contribution in [0.5, 0.6) is 0 Å². The lowest BCUT2D eigenvalue weighted by molar-refractivity contribution is 0.174. The van der Waals surface area contributed by atoms with E-state index in [0.717, 1.165) is 44.8 Å². The summed E-state index contributed by atoms with van der Waals surface area (Å²) in [5, 5.41) is 13.5. The zero-order chi connectivity index (χ0) is 18.6. The number of hydrogen-bond acceptors (Lipinski definition) is 8. The van der Waals surface area contributed by atoms with Crippen molar-refractivity contribution in [2.24, 2.45) is 0 Å². The van der Waals surface area contributed by atoms with Crippen molar-refractivity contribution >= 4 is 5.82 Å². The van der Waals surface area contributed by atoms with Gasteiger partial charge in [-0.3, -0.25) is 4.90 Å². The van der Waals surface area contributed by atoms with E-state index < -0.39 is 0 Å². The number of piperazine rings is 1. The zero-order valence-electron chi connectivity index (χ0n) is 15.6. The Morgan fingerprint density at radius 1 is 1.19 bits per heavy atom. The summed E-state index contributed by atoms with van der Waals surface area (Å²) in [7, 11) is 1.61. The lowest BCUT2D eigenvalue weighted by Crippen LogP contribution is -2.46. The molecule has 8 nitrogen and oxygen atoms in total. The Morgan fingerprint density at radius 3 is 2.78 bits per heavy atom. The van der Waals surface area contributed by atoms with Crippen molar-refractivity contribution < 1.29 is 9.26 Å². The first-order chi connectivity index (χ1) is 13.3. The van der Waals surface area contributed by atoms with Crippen molar-refractivity contribution in [2.75, 3.05) is 38.2 Å². The monoisotopic (exact) mass is 368 g/mol. The molecule has 8 heteroatoms. The molecule has 0 aromatic carbocycles. The van der Waals surface area contributed by atoms with Crippen LogP contribution in [0.25, 0.3) is 0 Å². The maximum atomic E-state index is 9.58. The minimum absolute atomic E-state index is 0.359. The molecule has 142 valence electrons. The number of nitrogens with zero attached hydrogens (tertiary/aromatic N) is 6. The predicted octanol–water partition coefficient (Wildman–Crippen LogP) is 1.68. The molecule has 27 heavy (non-hydrogen) atoms. The Kier molecular flexibility index (Phi) is 5.32. The summed E-state index contributed by atoms with van der Waals surface area (Å²) in [6.07, 6.45) is 4.45. The second-order valence-corrected chi connectivity index (χ2v) is 7.08. The number of rotatable bonds is 5. The minimum Gasteiger partial charge on any atom is -0.377 e. The third-order valence-corrected chi connectivity index (χ3v) is 5.22. The van der Waals surface area contributed by atoms with Crippen LogP contribution in [0.1, 0.15) is 41.4 Å². The number of aromatic nitrogens is 3. The molecule has 4 rings (SSSR count). The van der Waals surface area contributed by atoms with Crippen molar-refractivity contribution in [3.05, 3.63) is 34.6 Å². The Bertz CT molecular complexity index is 835. The van der Waals surface area contributed by atoms with Gasteiger partial charge >= 0.3 is 0 Å². The maximum Gasteiger partial charge on any atom is 0.240 e. The van der Waals surface area contributed by atoms with Gasteiger partial charge in [-0.2, -0.15) is 10.2 Å². The molecule has 2 aliphatic rings. The molecule has 1 aliphatic heterocycles. The average molecular weight is 368 g/mol. The fraction of sp³-hybridized carbons (Fsp3) is 0.579.